The van der Waals surface area contributed by atoms with Gasteiger partial charge in [0.15, 0.2) is 0 Å². The van der Waals surface area contributed by atoms with E-state index >= 15 is 0 Å². The number of amides is 4. The maximum absolute atomic E-state index is 13.1. The van der Waals surface area contributed by atoms with Crippen LogP contribution in [0.3, 0.4) is 0 Å². The number of carbonyl (C=O) groups is 4. The molecule has 2 aliphatic carbocycles. The molecule has 4 amide bonds. The average Bonchev–Trinajstić information content (AvgIpc) is 3.26. The Labute approximate surface area is 192 Å². The lowest BCUT2D eigenvalue weighted by molar-refractivity contribution is -0.136. The van der Waals surface area contributed by atoms with Gasteiger partial charge in [-0.3, -0.25) is 29.4 Å². The van der Waals surface area contributed by atoms with Crippen molar-refractivity contribution in [2.45, 2.75) is 38.1 Å². The normalized spacial score (nSPS) is 32.5. The minimum atomic E-state index is -0.917. The fourth-order valence-electron chi connectivity index (χ4n) is 7.16. The summed E-state index contributed by atoms with van der Waals surface area (Å²) >= 11 is 0. The number of carbonyl (C=O) groups excluding carboxylic acids is 4. The number of hydrogen-bond acceptors (Lipinski definition) is 6. The van der Waals surface area contributed by atoms with Gasteiger partial charge in [0.2, 0.25) is 11.8 Å². The second-order valence-corrected chi connectivity index (χ2v) is 11.3. The van der Waals surface area contributed by atoms with Crippen molar-refractivity contribution in [3.05, 3.63) is 29.3 Å². The molecule has 4 heterocycles. The van der Waals surface area contributed by atoms with E-state index in [0.717, 1.165) is 41.4 Å². The SMILES string of the molecule is O=C1CCC(N2C(=O)c3ccc(N4CC5(CC(CN6C[C@H]7C[C@H]7C6)C5)C4)cc3C2=O)C(=O)N1. The smallest absolute Gasteiger partial charge is 0.262 e. The molecule has 8 nitrogen and oxygen atoms in total. The van der Waals surface area contributed by atoms with Crippen LogP contribution < -0.4 is 10.2 Å². The number of nitrogens with zero attached hydrogens (tertiary/aromatic N) is 3. The van der Waals surface area contributed by atoms with Gasteiger partial charge in [0, 0.05) is 50.2 Å². The second-order valence-electron chi connectivity index (χ2n) is 11.3. The molecule has 6 aliphatic rings. The summed E-state index contributed by atoms with van der Waals surface area (Å²) in [7, 11) is 0. The summed E-state index contributed by atoms with van der Waals surface area (Å²) in [6, 6.07) is 4.52. The molecule has 1 spiro atoms. The van der Waals surface area contributed by atoms with E-state index < -0.39 is 23.8 Å². The van der Waals surface area contributed by atoms with Gasteiger partial charge in [-0.15, -0.1) is 0 Å². The summed E-state index contributed by atoms with van der Waals surface area (Å²) in [5.41, 5.74) is 2.09. The minimum Gasteiger partial charge on any atom is -0.370 e. The zero-order valence-corrected chi connectivity index (χ0v) is 18.6. The number of benzene rings is 1. The van der Waals surface area contributed by atoms with Gasteiger partial charge in [-0.25, -0.2) is 0 Å². The van der Waals surface area contributed by atoms with Crippen LogP contribution >= 0.6 is 0 Å². The summed E-state index contributed by atoms with van der Waals surface area (Å²) < 4.78 is 0. The van der Waals surface area contributed by atoms with Crippen molar-refractivity contribution < 1.29 is 19.2 Å². The predicted molar refractivity (Wildman–Crippen MR) is 119 cm³/mol. The third-order valence-electron chi connectivity index (χ3n) is 8.86. The van der Waals surface area contributed by atoms with E-state index in [1.165, 1.54) is 38.9 Å². The molecule has 4 aliphatic heterocycles. The standard InChI is InChI=1S/C25H28N4O4/c30-21-4-3-20(22(31)26-21)29-23(32)18-2-1-17(6-19(18)24(29)33)28-12-25(13-28)7-14(8-25)9-27-10-15-5-16(15)11-27/h1-2,6,14-16,20H,3-5,7-13H2,(H,26,30,31)/t15-,16+,20?. The molecule has 0 bridgehead atoms. The Kier molecular flexibility index (Phi) is 3.97. The second kappa shape index (κ2) is 6.65. The van der Waals surface area contributed by atoms with E-state index in [0.29, 0.717) is 16.5 Å². The molecule has 5 fully saturated rings. The number of nitrogens with one attached hydrogen (secondary N) is 1. The van der Waals surface area contributed by atoms with Gasteiger partial charge in [0.1, 0.15) is 6.04 Å². The van der Waals surface area contributed by atoms with Crippen LogP contribution in [0.2, 0.25) is 0 Å². The topological polar surface area (TPSA) is 90.0 Å². The third kappa shape index (κ3) is 2.99. The molecule has 2 saturated carbocycles. The van der Waals surface area contributed by atoms with Crippen LogP contribution in [0.25, 0.3) is 0 Å². The van der Waals surface area contributed by atoms with Crippen molar-refractivity contribution in [3.8, 4) is 0 Å². The van der Waals surface area contributed by atoms with Gasteiger partial charge in [-0.2, -0.15) is 0 Å². The molecule has 1 unspecified atom stereocenters. The van der Waals surface area contributed by atoms with Crippen LogP contribution in [0, 0.1) is 23.2 Å². The molecule has 33 heavy (non-hydrogen) atoms. The van der Waals surface area contributed by atoms with Crippen LogP contribution in [-0.2, 0) is 9.59 Å². The Morgan fingerprint density at radius 2 is 1.70 bits per heavy atom. The van der Waals surface area contributed by atoms with Crippen LogP contribution in [0.15, 0.2) is 18.2 Å². The quantitative estimate of drug-likeness (QED) is 0.698. The van der Waals surface area contributed by atoms with E-state index in [1.54, 1.807) is 12.1 Å². The highest BCUT2D eigenvalue weighted by molar-refractivity contribution is 6.23. The Hall–Kier alpha value is -2.74. The van der Waals surface area contributed by atoms with Crippen molar-refractivity contribution in [2.24, 2.45) is 23.2 Å². The first-order valence-corrected chi connectivity index (χ1v) is 12.2. The minimum absolute atomic E-state index is 0.130. The highest BCUT2D eigenvalue weighted by atomic mass is 16.2. The fraction of sp³-hybridized carbons (Fsp3) is 0.600. The van der Waals surface area contributed by atoms with Crippen LogP contribution in [0.5, 0.6) is 0 Å². The highest BCUT2D eigenvalue weighted by Gasteiger charge is 2.54. The molecule has 1 aromatic carbocycles. The van der Waals surface area contributed by atoms with Crippen LogP contribution in [0.4, 0.5) is 5.69 Å². The molecule has 172 valence electrons. The average molecular weight is 449 g/mol. The number of imide groups is 2. The molecular weight excluding hydrogens is 420 g/mol. The molecular formula is C25H28N4O4. The van der Waals surface area contributed by atoms with E-state index in [-0.39, 0.29) is 18.7 Å². The Bertz CT molecular complexity index is 1090. The third-order valence-corrected chi connectivity index (χ3v) is 8.86. The van der Waals surface area contributed by atoms with E-state index in [1.807, 2.05) is 6.07 Å². The molecule has 3 saturated heterocycles. The number of fused-ring (bicyclic) bond motifs is 2. The molecule has 1 N–H and O–H groups in total. The lowest BCUT2D eigenvalue weighted by Gasteiger charge is -2.60. The largest absolute Gasteiger partial charge is 0.370 e. The molecule has 1 aromatic rings. The number of rotatable bonds is 4. The first-order chi connectivity index (χ1) is 15.9. The first-order valence-electron chi connectivity index (χ1n) is 12.2. The van der Waals surface area contributed by atoms with Crippen molar-refractivity contribution in [1.29, 1.82) is 0 Å². The van der Waals surface area contributed by atoms with Crippen molar-refractivity contribution in [3.63, 3.8) is 0 Å². The maximum atomic E-state index is 13.1. The zero-order valence-electron chi connectivity index (χ0n) is 18.6. The van der Waals surface area contributed by atoms with Gasteiger partial charge in [0.05, 0.1) is 11.1 Å². The fourth-order valence-corrected chi connectivity index (χ4v) is 7.16. The summed E-state index contributed by atoms with van der Waals surface area (Å²) in [5, 5.41) is 2.24. The molecule has 3 atom stereocenters. The number of hydrogen-bond donors (Lipinski definition) is 1. The highest BCUT2D eigenvalue weighted by Crippen LogP contribution is 2.54. The van der Waals surface area contributed by atoms with Crippen LogP contribution in [0.1, 0.15) is 52.8 Å². The van der Waals surface area contributed by atoms with Crippen molar-refractivity contribution in [2.75, 3.05) is 37.6 Å². The lowest BCUT2D eigenvalue weighted by atomic mass is 9.57. The van der Waals surface area contributed by atoms with Crippen LogP contribution in [-0.4, -0.2) is 72.2 Å². The van der Waals surface area contributed by atoms with Gasteiger partial charge < -0.3 is 9.80 Å². The molecule has 7 rings (SSSR count). The maximum Gasteiger partial charge on any atom is 0.262 e. The van der Waals surface area contributed by atoms with Gasteiger partial charge in [-0.1, -0.05) is 0 Å². The van der Waals surface area contributed by atoms with E-state index in [9.17, 15) is 19.2 Å². The Morgan fingerprint density at radius 1 is 0.970 bits per heavy atom. The van der Waals surface area contributed by atoms with Crippen molar-refractivity contribution >= 4 is 29.3 Å². The summed E-state index contributed by atoms with van der Waals surface area (Å²) in [6.45, 7) is 5.91. The molecule has 0 aromatic heterocycles. The Morgan fingerprint density at radius 3 is 2.42 bits per heavy atom. The van der Waals surface area contributed by atoms with Gasteiger partial charge in [0.25, 0.3) is 11.8 Å². The first kappa shape index (κ1) is 19.7. The zero-order chi connectivity index (χ0) is 22.5. The van der Waals surface area contributed by atoms with Crippen molar-refractivity contribution in [1.82, 2.24) is 15.1 Å². The van der Waals surface area contributed by atoms with E-state index in [4.69, 9.17) is 0 Å². The molecule has 8 heteroatoms. The lowest BCUT2D eigenvalue weighted by Crippen LogP contribution is -2.63. The summed E-state index contributed by atoms with van der Waals surface area (Å²) in [6.07, 6.45) is 4.35. The Balaban J connectivity index is 0.996. The summed E-state index contributed by atoms with van der Waals surface area (Å²) in [5.74, 6) is 1.00. The van der Waals surface area contributed by atoms with E-state index in [2.05, 4.69) is 15.1 Å². The summed E-state index contributed by atoms with van der Waals surface area (Å²) in [4.78, 5) is 55.6. The number of likely N-dealkylation sites (tertiary alicyclic amines) is 1. The van der Waals surface area contributed by atoms with Gasteiger partial charge in [-0.05, 0) is 61.6 Å². The monoisotopic (exact) mass is 448 g/mol. The predicted octanol–water partition coefficient (Wildman–Crippen LogP) is 1.26. The number of piperidine rings is 2. The molecule has 0 radical (unpaired) electrons. The number of anilines is 1. The van der Waals surface area contributed by atoms with Gasteiger partial charge >= 0.3 is 0 Å².